The summed E-state index contributed by atoms with van der Waals surface area (Å²) in [6.45, 7) is 1.97. The van der Waals surface area contributed by atoms with E-state index in [1.54, 1.807) is 35.5 Å². The maximum Gasteiger partial charge on any atom is 0.241 e. The lowest BCUT2D eigenvalue weighted by atomic mass is 10.0. The average molecular weight is 521 g/mol. The van der Waals surface area contributed by atoms with Crippen LogP contribution in [0.5, 0.6) is 0 Å². The second-order valence-electron chi connectivity index (χ2n) is 9.09. The molecule has 11 heteroatoms. The zero-order chi connectivity index (χ0) is 25.8. The molecule has 10 nitrogen and oxygen atoms in total. The van der Waals surface area contributed by atoms with E-state index in [9.17, 15) is 18.0 Å². The molecule has 1 atom stereocenters. The Bertz CT molecular complexity index is 1380. The molecule has 0 unspecified atom stereocenters. The quantitative estimate of drug-likeness (QED) is 0.485. The van der Waals surface area contributed by atoms with Crippen molar-refractivity contribution in [2.75, 3.05) is 36.4 Å². The fourth-order valence-electron chi connectivity index (χ4n) is 4.61. The molecular formula is C26H28N6O4S. The van der Waals surface area contributed by atoms with Crippen LogP contribution >= 0.6 is 0 Å². The van der Waals surface area contributed by atoms with Gasteiger partial charge in [-0.05, 0) is 48.2 Å². The summed E-state index contributed by atoms with van der Waals surface area (Å²) < 4.78 is 29.5. The molecule has 0 aliphatic carbocycles. The van der Waals surface area contributed by atoms with Gasteiger partial charge < -0.3 is 15.1 Å². The number of amides is 2. The molecule has 5 rings (SSSR count). The summed E-state index contributed by atoms with van der Waals surface area (Å²) >= 11 is 0. The Hall–Kier alpha value is -3.83. The first-order valence-corrected chi connectivity index (χ1v) is 13.7. The van der Waals surface area contributed by atoms with E-state index in [1.165, 1.54) is 6.07 Å². The highest BCUT2D eigenvalue weighted by Crippen LogP contribution is 2.26. The lowest BCUT2D eigenvalue weighted by Crippen LogP contribution is -2.55. The van der Waals surface area contributed by atoms with Gasteiger partial charge >= 0.3 is 0 Å². The van der Waals surface area contributed by atoms with E-state index >= 15 is 0 Å². The number of benzene rings is 2. The number of hydrogen-bond acceptors (Lipinski definition) is 7. The molecule has 0 radical (unpaired) electrons. The van der Waals surface area contributed by atoms with Crippen LogP contribution in [0.3, 0.4) is 0 Å². The van der Waals surface area contributed by atoms with Crippen LogP contribution in [0.2, 0.25) is 0 Å². The smallest absolute Gasteiger partial charge is 0.241 e. The van der Waals surface area contributed by atoms with E-state index in [0.717, 1.165) is 11.1 Å². The number of piperazine rings is 1. The third-order valence-electron chi connectivity index (χ3n) is 6.59. The minimum atomic E-state index is -4.00. The summed E-state index contributed by atoms with van der Waals surface area (Å²) in [5.41, 5.74) is 2.23. The molecule has 3 heterocycles. The first-order valence-electron chi connectivity index (χ1n) is 12.2. The Morgan fingerprint density at radius 3 is 2.43 bits per heavy atom. The lowest BCUT2D eigenvalue weighted by molar-refractivity contribution is -0.133. The van der Waals surface area contributed by atoms with E-state index in [-0.39, 0.29) is 23.1 Å². The number of nitrogens with one attached hydrogen (secondary N) is 2. The van der Waals surface area contributed by atoms with Crippen molar-refractivity contribution in [2.45, 2.75) is 30.2 Å². The molecule has 1 fully saturated rings. The van der Waals surface area contributed by atoms with Crippen molar-refractivity contribution >= 4 is 33.5 Å². The second kappa shape index (κ2) is 10.7. The fourth-order valence-corrected chi connectivity index (χ4v) is 5.85. The number of fused-ring (bicyclic) bond motifs is 1. The Kier molecular flexibility index (Phi) is 7.15. The van der Waals surface area contributed by atoms with Crippen molar-refractivity contribution in [3.63, 3.8) is 0 Å². The summed E-state index contributed by atoms with van der Waals surface area (Å²) in [6.07, 6.45) is 4.35. The van der Waals surface area contributed by atoms with Crippen LogP contribution in [0.25, 0.3) is 0 Å². The highest BCUT2D eigenvalue weighted by Gasteiger charge is 2.32. The first kappa shape index (κ1) is 24.8. The van der Waals surface area contributed by atoms with Gasteiger partial charge in [-0.25, -0.2) is 18.4 Å². The second-order valence-corrected chi connectivity index (χ2v) is 10.8. The molecule has 2 aromatic carbocycles. The SMILES string of the molecule is O=C1CCc2cc(S(=O)(=O)N[C@@H](Cc3ccccc3)C(=O)N3CCN(c4ncccn4)CC3)ccc2N1. The summed E-state index contributed by atoms with van der Waals surface area (Å²) in [7, 11) is -4.00. The first-order chi connectivity index (χ1) is 17.9. The largest absolute Gasteiger partial charge is 0.338 e. The molecule has 3 aromatic rings. The van der Waals surface area contributed by atoms with Crippen LogP contribution in [0.4, 0.5) is 11.6 Å². The van der Waals surface area contributed by atoms with E-state index in [1.807, 2.05) is 35.2 Å². The van der Waals surface area contributed by atoms with E-state index in [0.29, 0.717) is 50.7 Å². The normalized spacial score (nSPS) is 16.6. The third kappa shape index (κ3) is 5.78. The third-order valence-corrected chi connectivity index (χ3v) is 8.06. The number of aromatic nitrogens is 2. The van der Waals surface area contributed by atoms with Crippen LogP contribution in [-0.2, 0) is 32.5 Å². The summed E-state index contributed by atoms with van der Waals surface area (Å²) in [5.74, 6) is 0.250. The van der Waals surface area contributed by atoms with Gasteiger partial charge in [-0.1, -0.05) is 30.3 Å². The van der Waals surface area contributed by atoms with Crippen molar-refractivity contribution in [1.29, 1.82) is 0 Å². The van der Waals surface area contributed by atoms with Crippen LogP contribution < -0.4 is 14.9 Å². The lowest BCUT2D eigenvalue weighted by Gasteiger charge is -2.36. The van der Waals surface area contributed by atoms with Crippen LogP contribution in [0, 0.1) is 0 Å². The number of carbonyl (C=O) groups excluding carboxylic acids is 2. The van der Waals surface area contributed by atoms with Gasteiger partial charge in [-0.15, -0.1) is 0 Å². The Balaban J connectivity index is 1.34. The number of nitrogens with zero attached hydrogens (tertiary/aromatic N) is 4. The molecular weight excluding hydrogens is 492 g/mol. The summed E-state index contributed by atoms with van der Waals surface area (Å²) in [5, 5.41) is 2.76. The highest BCUT2D eigenvalue weighted by atomic mass is 32.2. The van der Waals surface area contributed by atoms with E-state index in [2.05, 4.69) is 20.0 Å². The van der Waals surface area contributed by atoms with E-state index in [4.69, 9.17) is 0 Å². The molecule has 0 saturated carbocycles. The number of rotatable bonds is 7. The standard InChI is InChI=1S/C26H28N6O4S/c33-24-10-7-20-18-21(8-9-22(20)29-24)37(35,36)30-23(17-19-5-2-1-3-6-19)25(34)31-13-15-32(16-14-31)26-27-11-4-12-28-26/h1-6,8-9,11-12,18,23,30H,7,10,13-17H2,(H,29,33)/t23-/m0/s1. The minimum absolute atomic E-state index is 0.0688. The van der Waals surface area contributed by atoms with Crippen molar-refractivity contribution in [3.05, 3.63) is 78.1 Å². The van der Waals surface area contributed by atoms with Gasteiger partial charge in [0.15, 0.2) is 0 Å². The maximum atomic E-state index is 13.6. The summed E-state index contributed by atoms with van der Waals surface area (Å²) in [4.78, 5) is 37.6. The van der Waals surface area contributed by atoms with Crippen LogP contribution in [0.1, 0.15) is 17.5 Å². The monoisotopic (exact) mass is 520 g/mol. The number of aryl methyl sites for hydroxylation is 1. The molecule has 2 aliphatic heterocycles. The molecule has 2 N–H and O–H groups in total. The predicted octanol–water partition coefficient (Wildman–Crippen LogP) is 1.60. The molecule has 2 amide bonds. The van der Waals surface area contributed by atoms with Gasteiger partial charge in [0.1, 0.15) is 6.04 Å². The molecule has 0 spiro atoms. The van der Waals surface area contributed by atoms with Crippen molar-refractivity contribution in [2.24, 2.45) is 0 Å². The van der Waals surface area contributed by atoms with Gasteiger partial charge in [-0.2, -0.15) is 4.72 Å². The number of sulfonamides is 1. The van der Waals surface area contributed by atoms with Crippen molar-refractivity contribution in [3.8, 4) is 0 Å². The van der Waals surface area contributed by atoms with E-state index < -0.39 is 16.1 Å². The number of anilines is 2. The fraction of sp³-hybridized carbons (Fsp3) is 0.308. The van der Waals surface area contributed by atoms with Gasteiger partial charge in [0.2, 0.25) is 27.8 Å². The molecule has 37 heavy (non-hydrogen) atoms. The van der Waals surface area contributed by atoms with Crippen LogP contribution in [-0.4, -0.2) is 67.3 Å². The average Bonchev–Trinajstić information content (AvgIpc) is 2.93. The van der Waals surface area contributed by atoms with Crippen molar-refractivity contribution in [1.82, 2.24) is 19.6 Å². The van der Waals surface area contributed by atoms with Gasteiger partial charge in [0.05, 0.1) is 4.90 Å². The highest BCUT2D eigenvalue weighted by molar-refractivity contribution is 7.89. The van der Waals surface area contributed by atoms with Gasteiger partial charge in [0.25, 0.3) is 0 Å². The van der Waals surface area contributed by atoms with Crippen LogP contribution in [0.15, 0.2) is 71.9 Å². The molecule has 0 bridgehead atoms. The zero-order valence-electron chi connectivity index (χ0n) is 20.2. The zero-order valence-corrected chi connectivity index (χ0v) is 21.0. The predicted molar refractivity (Wildman–Crippen MR) is 138 cm³/mol. The number of carbonyl (C=O) groups is 2. The van der Waals surface area contributed by atoms with Gasteiger partial charge in [-0.3, -0.25) is 9.59 Å². The topological polar surface area (TPSA) is 125 Å². The van der Waals surface area contributed by atoms with Crippen molar-refractivity contribution < 1.29 is 18.0 Å². The molecule has 2 aliphatic rings. The molecule has 1 aromatic heterocycles. The maximum absolute atomic E-state index is 13.6. The summed E-state index contributed by atoms with van der Waals surface area (Å²) in [6, 6.07) is 14.8. The Morgan fingerprint density at radius 1 is 0.973 bits per heavy atom. The molecule has 192 valence electrons. The minimum Gasteiger partial charge on any atom is -0.338 e. The Labute approximate surface area is 215 Å². The molecule has 1 saturated heterocycles. The van der Waals surface area contributed by atoms with Gasteiger partial charge in [0, 0.05) is 50.7 Å². The number of hydrogen-bond donors (Lipinski definition) is 2. The Morgan fingerprint density at radius 2 is 1.70 bits per heavy atom.